The molecular weight excluding hydrogens is 364 g/mol. The smallest absolute Gasteiger partial charge is 0.258 e. The van der Waals surface area contributed by atoms with Gasteiger partial charge >= 0.3 is 5.78 Å². The highest BCUT2D eigenvalue weighted by Gasteiger charge is 2.61. The van der Waals surface area contributed by atoms with Gasteiger partial charge in [0.1, 0.15) is 0 Å². The minimum Gasteiger partial charge on any atom is -0.258 e. The zero-order chi connectivity index (χ0) is 20.1. The fourth-order valence-electron chi connectivity index (χ4n) is 11.0. The molecule has 0 saturated heterocycles. The highest BCUT2D eigenvalue weighted by atomic mass is 16.4. The Morgan fingerprint density at radius 1 is 0.700 bits per heavy atom. The van der Waals surface area contributed by atoms with Crippen molar-refractivity contribution in [2.45, 2.75) is 84.0 Å². The summed E-state index contributed by atoms with van der Waals surface area (Å²) in [6, 6.07) is 0. The van der Waals surface area contributed by atoms with Crippen LogP contribution in [0.4, 0.5) is 0 Å². The van der Waals surface area contributed by atoms with Crippen LogP contribution in [-0.2, 0) is 4.42 Å². The minimum absolute atomic E-state index is 0.528. The molecule has 9 aliphatic carbocycles. The maximum Gasteiger partial charge on any atom is 0.343 e. The van der Waals surface area contributed by atoms with E-state index in [-0.39, 0.29) is 0 Å². The number of ketones is 1. The van der Waals surface area contributed by atoms with Crippen molar-refractivity contribution in [1.82, 2.24) is 0 Å². The normalized spacial score (nSPS) is 51.7. The maximum atomic E-state index is 5.62. The molecule has 160 valence electrons. The standard InChI is InChI=1S/C29H39O/c1-18-5-25(30-2)3-4-26(18)27(28-12-19-6-20(13-28)8-21(7-19)14-28)29-15-22-9-23(16-29)11-24(10-22)17-29/h3-5,19-24H,6-17H2,1-2H3/q+1. The van der Waals surface area contributed by atoms with Crippen LogP contribution in [0.5, 0.6) is 0 Å². The second-order valence-electron chi connectivity index (χ2n) is 13.0. The van der Waals surface area contributed by atoms with Crippen molar-refractivity contribution in [3.8, 4) is 0 Å². The van der Waals surface area contributed by atoms with Crippen LogP contribution >= 0.6 is 0 Å². The highest BCUT2D eigenvalue weighted by molar-refractivity contribution is 6.02. The van der Waals surface area contributed by atoms with Crippen LogP contribution in [0.15, 0.2) is 34.9 Å². The van der Waals surface area contributed by atoms with E-state index in [1.807, 2.05) is 12.7 Å². The molecule has 8 saturated carbocycles. The number of rotatable bonds is 2. The molecule has 0 aromatic heterocycles. The quantitative estimate of drug-likeness (QED) is 0.441. The third-order valence-corrected chi connectivity index (χ3v) is 10.8. The summed E-state index contributed by atoms with van der Waals surface area (Å²) in [6.45, 7) is 2.37. The molecule has 0 aliphatic heterocycles. The predicted octanol–water partition coefficient (Wildman–Crippen LogP) is 6.97. The van der Waals surface area contributed by atoms with Crippen molar-refractivity contribution in [3.63, 3.8) is 0 Å². The van der Waals surface area contributed by atoms with Gasteiger partial charge in [-0.15, -0.1) is 0 Å². The predicted molar refractivity (Wildman–Crippen MR) is 122 cm³/mol. The van der Waals surface area contributed by atoms with E-state index in [1.54, 1.807) is 44.1 Å². The summed E-state index contributed by atoms with van der Waals surface area (Å²) in [5, 5.41) is 0. The molecule has 8 bridgehead atoms. The Bertz CT molecular complexity index is 777. The molecule has 0 aromatic rings. The van der Waals surface area contributed by atoms with E-state index in [0.717, 1.165) is 41.3 Å². The van der Waals surface area contributed by atoms with Gasteiger partial charge in [0.05, 0.1) is 0 Å². The number of allylic oxidation sites excluding steroid dienone is 6. The van der Waals surface area contributed by atoms with Crippen molar-refractivity contribution >= 4 is 5.78 Å². The van der Waals surface area contributed by atoms with Crippen molar-refractivity contribution in [2.75, 3.05) is 7.11 Å². The van der Waals surface area contributed by atoms with Gasteiger partial charge in [-0.05, 0) is 148 Å². The average molecular weight is 404 g/mol. The van der Waals surface area contributed by atoms with Gasteiger partial charge in [0.25, 0.3) is 7.11 Å². The highest BCUT2D eigenvalue weighted by Crippen LogP contribution is 2.72. The van der Waals surface area contributed by atoms with Crippen LogP contribution in [0.3, 0.4) is 0 Å². The van der Waals surface area contributed by atoms with Crippen LogP contribution in [0.2, 0.25) is 0 Å². The van der Waals surface area contributed by atoms with Crippen LogP contribution in [0, 0.1) is 46.3 Å². The Hall–Kier alpha value is -1.11. The van der Waals surface area contributed by atoms with Crippen LogP contribution in [0.25, 0.3) is 0 Å². The second kappa shape index (κ2) is 6.23. The number of carbonyl (C=O) groups excluding carboxylic acids is 1. The number of hydrogen-bond acceptors (Lipinski definition) is 0. The summed E-state index contributed by atoms with van der Waals surface area (Å²) < 4.78 is 5.62. The first-order valence-electron chi connectivity index (χ1n) is 13.1. The van der Waals surface area contributed by atoms with E-state index in [0.29, 0.717) is 10.8 Å². The van der Waals surface area contributed by atoms with Gasteiger partial charge in [0.15, 0.2) is 0 Å². The third kappa shape index (κ3) is 2.56. The van der Waals surface area contributed by atoms with Gasteiger partial charge in [-0.2, -0.15) is 0 Å². The average Bonchev–Trinajstić information content (AvgIpc) is 2.67. The van der Waals surface area contributed by atoms with Gasteiger partial charge in [-0.1, -0.05) is 5.57 Å². The van der Waals surface area contributed by atoms with Gasteiger partial charge in [0, 0.05) is 12.2 Å². The molecular formula is C29H39O+. The molecule has 0 spiro atoms. The molecule has 0 unspecified atom stereocenters. The third-order valence-electron chi connectivity index (χ3n) is 10.8. The zero-order valence-electron chi connectivity index (χ0n) is 19.1. The molecule has 0 amide bonds. The van der Waals surface area contributed by atoms with Crippen molar-refractivity contribution < 1.29 is 4.42 Å². The molecule has 0 aromatic carbocycles. The Balaban J connectivity index is 1.42. The summed E-state index contributed by atoms with van der Waals surface area (Å²) >= 11 is 0. The lowest BCUT2D eigenvalue weighted by Crippen LogP contribution is -2.54. The summed E-state index contributed by atoms with van der Waals surface area (Å²) in [5.41, 5.74) is 6.18. The van der Waals surface area contributed by atoms with Crippen LogP contribution in [-0.4, -0.2) is 12.9 Å². The van der Waals surface area contributed by atoms with Crippen LogP contribution < -0.4 is 0 Å². The molecule has 9 rings (SSSR count). The molecule has 9 aliphatic rings. The summed E-state index contributed by atoms with van der Waals surface area (Å²) in [6.07, 6.45) is 25.5. The zero-order valence-corrected chi connectivity index (χ0v) is 19.1. The van der Waals surface area contributed by atoms with Gasteiger partial charge in [-0.25, -0.2) is 0 Å². The maximum absolute atomic E-state index is 5.62. The minimum atomic E-state index is 0.528. The van der Waals surface area contributed by atoms with E-state index >= 15 is 0 Å². The molecule has 30 heavy (non-hydrogen) atoms. The molecule has 0 radical (unpaired) electrons. The van der Waals surface area contributed by atoms with Crippen molar-refractivity contribution in [2.24, 2.45) is 46.3 Å². The first-order chi connectivity index (χ1) is 14.5. The molecule has 1 nitrogen and oxygen atoms in total. The first-order valence-corrected chi connectivity index (χ1v) is 13.1. The largest absolute Gasteiger partial charge is 0.343 e. The Morgan fingerprint density at radius 3 is 1.43 bits per heavy atom. The molecule has 8 fully saturated rings. The van der Waals surface area contributed by atoms with Gasteiger partial charge in [-0.3, -0.25) is 4.42 Å². The fourth-order valence-corrected chi connectivity index (χ4v) is 11.0. The Morgan fingerprint density at radius 2 is 1.10 bits per heavy atom. The van der Waals surface area contributed by atoms with Crippen molar-refractivity contribution in [1.29, 1.82) is 0 Å². The SMILES string of the molecule is C[O+]=C1C=CC(=C(C23CC4CC(CC(C4)C2)C3)C23CC4CC(CC(C4)C2)C3)C(C)=C1. The molecule has 0 heterocycles. The van der Waals surface area contributed by atoms with E-state index in [4.69, 9.17) is 4.42 Å². The summed E-state index contributed by atoms with van der Waals surface area (Å²) in [7, 11) is 1.82. The van der Waals surface area contributed by atoms with E-state index in [2.05, 4.69) is 25.2 Å². The number of hydrogen-bond donors (Lipinski definition) is 0. The van der Waals surface area contributed by atoms with E-state index < -0.39 is 0 Å². The lowest BCUT2D eigenvalue weighted by Gasteiger charge is -2.65. The Kier molecular flexibility index (Phi) is 3.83. The second-order valence-corrected chi connectivity index (χ2v) is 13.0. The fraction of sp³-hybridized carbons (Fsp3) is 0.759. The van der Waals surface area contributed by atoms with Gasteiger partial charge in [0.2, 0.25) is 0 Å². The molecule has 0 atom stereocenters. The van der Waals surface area contributed by atoms with E-state index in [9.17, 15) is 0 Å². The summed E-state index contributed by atoms with van der Waals surface area (Å²) in [5.74, 6) is 7.19. The van der Waals surface area contributed by atoms with Crippen LogP contribution in [0.1, 0.15) is 84.0 Å². The van der Waals surface area contributed by atoms with Gasteiger partial charge < -0.3 is 0 Å². The van der Waals surface area contributed by atoms with Crippen molar-refractivity contribution in [3.05, 3.63) is 34.9 Å². The summed E-state index contributed by atoms with van der Waals surface area (Å²) in [4.78, 5) is 0. The topological polar surface area (TPSA) is 11.3 Å². The monoisotopic (exact) mass is 403 g/mol. The van der Waals surface area contributed by atoms with E-state index in [1.165, 1.54) is 44.1 Å². The Labute approximate surface area is 182 Å². The first kappa shape index (κ1) is 18.5. The lowest BCUT2D eigenvalue weighted by atomic mass is 9.39. The molecule has 0 N–H and O–H groups in total. The lowest BCUT2D eigenvalue weighted by molar-refractivity contribution is -0.417. The molecule has 1 heteroatoms.